The van der Waals surface area contributed by atoms with E-state index in [-0.39, 0.29) is 11.9 Å². The minimum absolute atomic E-state index is 0.300. The van der Waals surface area contributed by atoms with Gasteiger partial charge in [-0.3, -0.25) is 0 Å². The Morgan fingerprint density at radius 3 is 1.26 bits per heavy atom. The van der Waals surface area contributed by atoms with Crippen molar-refractivity contribution in [3.63, 3.8) is 0 Å². The molecule has 1 heterocycles. The van der Waals surface area contributed by atoms with Crippen LogP contribution in [0, 0.1) is 0 Å². The van der Waals surface area contributed by atoms with Crippen LogP contribution in [0.4, 0.5) is 0 Å². The Morgan fingerprint density at radius 2 is 1.04 bits per heavy atom. The number of hydrogen-bond donors (Lipinski definition) is 0. The minimum atomic E-state index is -2.60. The average molecular weight is 344 g/mol. The molecule has 0 saturated heterocycles. The Bertz CT molecular complexity index is 427. The van der Waals surface area contributed by atoms with Gasteiger partial charge >= 0.3 is 140 Å². The molecule has 0 fully saturated rings. The van der Waals surface area contributed by atoms with Crippen molar-refractivity contribution in [2.75, 3.05) is 32.7 Å². The van der Waals surface area contributed by atoms with Crippen LogP contribution >= 0.6 is 6.60 Å². The van der Waals surface area contributed by atoms with Crippen LogP contribution in [0.2, 0.25) is 0 Å². The monoisotopic (exact) mass is 344 g/mol. The van der Waals surface area contributed by atoms with E-state index in [1.807, 2.05) is 0 Å². The number of hydrogen-bond acceptors (Lipinski definition) is 4. The maximum atomic E-state index is 12.5. The standard InChI is InChI=1S/C18H33O4P/c1-6-9-12-23(13-10-7-2,14-11-8-3)15(17(19)21-4)16(23)18(20)22-5/h6-14H2,1-5H3. The third-order valence-electron chi connectivity index (χ3n) is 5.26. The van der Waals surface area contributed by atoms with Gasteiger partial charge in [0.05, 0.1) is 0 Å². The number of rotatable bonds is 11. The number of carbonyl (C=O) groups is 2. The van der Waals surface area contributed by atoms with Gasteiger partial charge in [-0.05, 0) is 0 Å². The molecule has 4 nitrogen and oxygen atoms in total. The van der Waals surface area contributed by atoms with Crippen LogP contribution in [0.15, 0.2) is 10.6 Å². The third-order valence-corrected chi connectivity index (χ3v) is 12.4. The Morgan fingerprint density at radius 1 is 0.739 bits per heavy atom. The fourth-order valence-electron chi connectivity index (χ4n) is 3.92. The summed E-state index contributed by atoms with van der Waals surface area (Å²) in [4.78, 5) is 24.9. The molecule has 23 heavy (non-hydrogen) atoms. The molecule has 0 amide bonds. The molecular formula is C18H33O4P. The Kier molecular flexibility index (Phi) is 7.26. The van der Waals surface area contributed by atoms with Crippen LogP contribution in [-0.2, 0) is 19.1 Å². The summed E-state index contributed by atoms with van der Waals surface area (Å²) >= 11 is 0. The number of unbranched alkanes of at least 4 members (excludes halogenated alkanes) is 3. The molecule has 0 saturated carbocycles. The van der Waals surface area contributed by atoms with Crippen LogP contribution in [0.25, 0.3) is 0 Å². The molecule has 1 aliphatic heterocycles. The summed E-state index contributed by atoms with van der Waals surface area (Å²) in [5.41, 5.74) is 0. The number of carbonyl (C=O) groups excluding carboxylic acids is 2. The van der Waals surface area contributed by atoms with E-state index in [0.717, 1.165) is 67.6 Å². The fraction of sp³-hybridized carbons (Fsp3) is 0.778. The molecule has 5 heteroatoms. The predicted octanol–water partition coefficient (Wildman–Crippen LogP) is 4.51. The fourth-order valence-corrected chi connectivity index (χ4v) is 12.0. The molecule has 0 radical (unpaired) electrons. The zero-order valence-corrected chi connectivity index (χ0v) is 16.3. The Balaban J connectivity index is 3.36. The first kappa shape index (κ1) is 20.2. The van der Waals surface area contributed by atoms with Crippen molar-refractivity contribution in [3.05, 3.63) is 10.6 Å². The normalized spacial score (nSPS) is 19.6. The molecule has 0 N–H and O–H groups in total. The molecule has 0 unspecified atom stereocenters. The van der Waals surface area contributed by atoms with E-state index in [1.165, 1.54) is 14.2 Å². The van der Waals surface area contributed by atoms with E-state index in [9.17, 15) is 9.59 Å². The van der Waals surface area contributed by atoms with Crippen LogP contribution in [-0.4, -0.2) is 44.6 Å². The van der Waals surface area contributed by atoms with Crippen molar-refractivity contribution in [1.29, 1.82) is 0 Å². The van der Waals surface area contributed by atoms with E-state index in [0.29, 0.717) is 0 Å². The van der Waals surface area contributed by atoms with Gasteiger partial charge in [0.2, 0.25) is 0 Å². The van der Waals surface area contributed by atoms with Crippen molar-refractivity contribution in [2.45, 2.75) is 59.3 Å². The van der Waals surface area contributed by atoms with Crippen LogP contribution in [0.5, 0.6) is 0 Å². The first-order chi connectivity index (χ1) is 11.0. The van der Waals surface area contributed by atoms with Crippen LogP contribution < -0.4 is 0 Å². The van der Waals surface area contributed by atoms with Gasteiger partial charge in [0.15, 0.2) is 0 Å². The molecule has 1 rings (SSSR count). The number of esters is 2. The maximum absolute atomic E-state index is 12.5. The molecule has 134 valence electrons. The summed E-state index contributed by atoms with van der Waals surface area (Å²) in [6, 6.07) is 0. The Hall–Kier alpha value is -0.890. The van der Waals surface area contributed by atoms with Crippen LogP contribution in [0.1, 0.15) is 59.3 Å². The van der Waals surface area contributed by atoms with E-state index in [2.05, 4.69) is 20.8 Å². The second kappa shape index (κ2) is 8.28. The van der Waals surface area contributed by atoms with Crippen molar-refractivity contribution in [3.8, 4) is 0 Å². The summed E-state index contributed by atoms with van der Waals surface area (Å²) in [7, 11) is 2.82. The molecule has 0 aliphatic carbocycles. The molecule has 0 spiro atoms. The summed E-state index contributed by atoms with van der Waals surface area (Å²) in [6.07, 6.45) is 9.26. The van der Waals surface area contributed by atoms with Gasteiger partial charge in [0.25, 0.3) is 0 Å². The third kappa shape index (κ3) is 3.47. The second-order valence-electron chi connectivity index (χ2n) is 6.64. The molecule has 0 aromatic rings. The molecule has 0 atom stereocenters. The van der Waals surface area contributed by atoms with E-state index >= 15 is 0 Å². The second-order valence-corrected chi connectivity index (χ2v) is 12.3. The predicted molar refractivity (Wildman–Crippen MR) is 97.3 cm³/mol. The van der Waals surface area contributed by atoms with Gasteiger partial charge in [-0.1, -0.05) is 0 Å². The van der Waals surface area contributed by atoms with Crippen molar-refractivity contribution in [1.82, 2.24) is 0 Å². The first-order valence-corrected chi connectivity index (χ1v) is 11.7. The summed E-state index contributed by atoms with van der Waals surface area (Å²) in [6.45, 7) is 3.87. The molecule has 1 aliphatic rings. The van der Waals surface area contributed by atoms with Gasteiger partial charge in [0.1, 0.15) is 0 Å². The Labute approximate surface area is 140 Å². The summed E-state index contributed by atoms with van der Waals surface area (Å²) < 4.78 is 10.1. The van der Waals surface area contributed by atoms with Gasteiger partial charge in [-0.15, -0.1) is 0 Å². The van der Waals surface area contributed by atoms with E-state index in [4.69, 9.17) is 9.47 Å². The first-order valence-electron chi connectivity index (χ1n) is 8.90. The van der Waals surface area contributed by atoms with E-state index in [1.54, 1.807) is 0 Å². The van der Waals surface area contributed by atoms with E-state index < -0.39 is 6.60 Å². The SMILES string of the molecule is CCCCP1(CCCC)(CCCC)C(C(=O)OC)=C1C(=O)OC. The zero-order valence-electron chi connectivity index (χ0n) is 15.4. The summed E-state index contributed by atoms with van der Waals surface area (Å²) in [5.74, 6) is -0.599. The topological polar surface area (TPSA) is 52.6 Å². The zero-order chi connectivity index (χ0) is 17.5. The number of methoxy groups -OCH3 is 2. The van der Waals surface area contributed by atoms with Crippen molar-refractivity contribution < 1.29 is 19.1 Å². The van der Waals surface area contributed by atoms with Gasteiger partial charge in [-0.25, -0.2) is 0 Å². The number of ether oxygens (including phenoxy) is 2. The van der Waals surface area contributed by atoms with Crippen LogP contribution in [0.3, 0.4) is 0 Å². The van der Waals surface area contributed by atoms with Gasteiger partial charge < -0.3 is 0 Å². The van der Waals surface area contributed by atoms with Crippen molar-refractivity contribution in [2.24, 2.45) is 0 Å². The van der Waals surface area contributed by atoms with Gasteiger partial charge in [-0.2, -0.15) is 0 Å². The molecule has 0 aromatic carbocycles. The van der Waals surface area contributed by atoms with Crippen molar-refractivity contribution >= 4 is 18.5 Å². The summed E-state index contributed by atoms with van der Waals surface area (Å²) in [5, 5.41) is 1.45. The average Bonchev–Trinajstić information content (AvgIpc) is 3.19. The van der Waals surface area contributed by atoms with Gasteiger partial charge in [0, 0.05) is 0 Å². The quantitative estimate of drug-likeness (QED) is 0.409. The molecular weight excluding hydrogens is 311 g/mol. The molecule has 0 bridgehead atoms. The molecule has 0 aromatic heterocycles.